The molecule has 0 saturated heterocycles. The van der Waals surface area contributed by atoms with Gasteiger partial charge < -0.3 is 10.1 Å². The predicted molar refractivity (Wildman–Crippen MR) is 117 cm³/mol. The number of allylic oxidation sites excluding steroid dienone is 1. The third kappa shape index (κ3) is 6.20. The molecule has 0 aliphatic carbocycles. The predicted octanol–water partition coefficient (Wildman–Crippen LogP) is 5.99. The van der Waals surface area contributed by atoms with Crippen LogP contribution in [-0.4, -0.2) is 17.5 Å². The number of ether oxygens (including phenoxy) is 1. The summed E-state index contributed by atoms with van der Waals surface area (Å²) in [6.07, 6.45) is 7.99. The highest BCUT2D eigenvalue weighted by atomic mass is 32.1. The second-order valence-corrected chi connectivity index (χ2v) is 7.63. The highest BCUT2D eigenvalue weighted by Crippen LogP contribution is 2.22. The van der Waals surface area contributed by atoms with Gasteiger partial charge in [0.05, 0.1) is 28.8 Å². The Balaban J connectivity index is 1.45. The summed E-state index contributed by atoms with van der Waals surface area (Å²) in [7, 11) is 0. The lowest BCUT2D eigenvalue weighted by Crippen LogP contribution is -2.14. The number of carbonyl (C=O) groups excluding carboxylic acids is 1. The third-order valence-corrected chi connectivity index (χ3v) is 5.24. The van der Waals surface area contributed by atoms with E-state index in [-0.39, 0.29) is 5.91 Å². The van der Waals surface area contributed by atoms with E-state index >= 15 is 0 Å². The third-order valence-electron chi connectivity index (χ3n) is 4.45. The minimum Gasteiger partial charge on any atom is -0.494 e. The lowest BCUT2D eigenvalue weighted by Gasteiger charge is -2.09. The van der Waals surface area contributed by atoms with Gasteiger partial charge in [0.15, 0.2) is 0 Å². The van der Waals surface area contributed by atoms with E-state index < -0.39 is 0 Å². The highest BCUT2D eigenvalue weighted by Gasteiger charge is 2.07. The van der Waals surface area contributed by atoms with E-state index in [1.165, 1.54) is 19.3 Å². The number of nitrogens with zero attached hydrogens (tertiary/aromatic N) is 1. The van der Waals surface area contributed by atoms with Crippen molar-refractivity contribution in [3.63, 3.8) is 0 Å². The molecule has 3 rings (SSSR count). The maximum absolute atomic E-state index is 12.4. The van der Waals surface area contributed by atoms with Gasteiger partial charge in [-0.1, -0.05) is 31.1 Å². The smallest absolute Gasteiger partial charge is 0.228 e. The van der Waals surface area contributed by atoms with Crippen molar-refractivity contribution in [3.05, 3.63) is 66.2 Å². The first-order valence-corrected chi connectivity index (χ1v) is 10.6. The molecule has 1 aromatic heterocycles. The Bertz CT molecular complexity index is 920. The van der Waals surface area contributed by atoms with Gasteiger partial charge in [-0.2, -0.15) is 0 Å². The van der Waals surface area contributed by atoms with Crippen molar-refractivity contribution in [1.82, 2.24) is 4.98 Å². The molecule has 1 amide bonds. The summed E-state index contributed by atoms with van der Waals surface area (Å²) < 4.78 is 6.90. The molecule has 5 heteroatoms. The van der Waals surface area contributed by atoms with Crippen LogP contribution in [0.4, 0.5) is 5.69 Å². The molecular formula is C23H26N2O2S. The Morgan fingerprint density at radius 2 is 2.04 bits per heavy atom. The first-order chi connectivity index (χ1) is 13.7. The topological polar surface area (TPSA) is 51.2 Å². The number of benzene rings is 2. The van der Waals surface area contributed by atoms with Crippen LogP contribution in [0.5, 0.6) is 5.75 Å². The van der Waals surface area contributed by atoms with Crippen LogP contribution < -0.4 is 10.1 Å². The number of hydrogen-bond donors (Lipinski definition) is 1. The van der Waals surface area contributed by atoms with Gasteiger partial charge in [-0.05, 0) is 55.2 Å². The maximum atomic E-state index is 12.4. The van der Waals surface area contributed by atoms with Crippen LogP contribution in [-0.2, 0) is 11.2 Å². The zero-order valence-electron chi connectivity index (χ0n) is 16.0. The van der Waals surface area contributed by atoms with Crippen LogP contribution in [0.25, 0.3) is 10.2 Å². The van der Waals surface area contributed by atoms with Crippen molar-refractivity contribution in [2.24, 2.45) is 0 Å². The van der Waals surface area contributed by atoms with E-state index in [0.29, 0.717) is 13.0 Å². The van der Waals surface area contributed by atoms with E-state index in [9.17, 15) is 4.79 Å². The van der Waals surface area contributed by atoms with Gasteiger partial charge in [-0.3, -0.25) is 4.79 Å². The number of fused-ring (bicyclic) bond motifs is 1. The molecule has 0 aliphatic heterocycles. The van der Waals surface area contributed by atoms with Gasteiger partial charge in [-0.25, -0.2) is 4.98 Å². The number of carbonyl (C=O) groups is 1. The fraction of sp³-hybridized carbons (Fsp3) is 0.304. The summed E-state index contributed by atoms with van der Waals surface area (Å²) in [5, 5.41) is 2.96. The first kappa shape index (κ1) is 20.1. The molecule has 0 radical (unpaired) electrons. The summed E-state index contributed by atoms with van der Waals surface area (Å²) in [5.74, 6) is 0.783. The number of unbranched alkanes of at least 4 members (excludes halogenated alkanes) is 4. The van der Waals surface area contributed by atoms with E-state index in [1.807, 2.05) is 54.1 Å². The Morgan fingerprint density at radius 1 is 1.14 bits per heavy atom. The molecule has 0 aliphatic rings. The molecule has 0 saturated carbocycles. The van der Waals surface area contributed by atoms with Crippen LogP contribution in [0.15, 0.2) is 60.6 Å². The highest BCUT2D eigenvalue weighted by molar-refractivity contribution is 7.16. The van der Waals surface area contributed by atoms with Crippen LogP contribution >= 0.6 is 11.3 Å². The summed E-state index contributed by atoms with van der Waals surface area (Å²) in [6.45, 7) is 4.45. The molecule has 0 bridgehead atoms. The van der Waals surface area contributed by atoms with Gasteiger partial charge in [0.1, 0.15) is 5.75 Å². The second-order valence-electron chi connectivity index (χ2n) is 6.75. The Morgan fingerprint density at radius 3 is 2.93 bits per heavy atom. The molecule has 146 valence electrons. The first-order valence-electron chi connectivity index (χ1n) is 9.70. The fourth-order valence-electron chi connectivity index (χ4n) is 3.00. The van der Waals surface area contributed by atoms with Crippen molar-refractivity contribution < 1.29 is 9.53 Å². The standard InChI is InChI=1S/C23H26N2O2S/c1-2-3-4-5-6-7-13-27-20-10-8-9-18(14-20)15-23(26)25-19-11-12-21-22(16-19)28-17-24-21/h2,8-12,14,16-17H,1,3-7,13,15H2,(H,25,26). The molecule has 2 aromatic carbocycles. The minimum absolute atomic E-state index is 0.0387. The molecule has 4 nitrogen and oxygen atoms in total. The lowest BCUT2D eigenvalue weighted by molar-refractivity contribution is -0.115. The van der Waals surface area contributed by atoms with E-state index in [4.69, 9.17) is 4.74 Å². The van der Waals surface area contributed by atoms with Gasteiger partial charge in [0.25, 0.3) is 0 Å². The molecule has 1 heterocycles. The molecular weight excluding hydrogens is 368 g/mol. The summed E-state index contributed by atoms with van der Waals surface area (Å²) in [5.41, 5.74) is 4.50. The van der Waals surface area contributed by atoms with E-state index in [1.54, 1.807) is 11.3 Å². The molecule has 0 spiro atoms. The zero-order chi connectivity index (χ0) is 19.6. The Labute approximate surface area is 170 Å². The molecule has 0 atom stereocenters. The summed E-state index contributed by atoms with van der Waals surface area (Å²) in [4.78, 5) is 16.6. The number of rotatable bonds is 11. The average molecular weight is 395 g/mol. The van der Waals surface area contributed by atoms with Crippen molar-refractivity contribution in [2.75, 3.05) is 11.9 Å². The molecule has 28 heavy (non-hydrogen) atoms. The SMILES string of the molecule is C=CCCCCCCOc1cccc(CC(=O)Nc2ccc3ncsc3c2)c1. The quantitative estimate of drug-likeness (QED) is 0.321. The lowest BCUT2D eigenvalue weighted by atomic mass is 10.1. The van der Waals surface area contributed by atoms with Gasteiger partial charge in [-0.15, -0.1) is 17.9 Å². The fourth-order valence-corrected chi connectivity index (χ4v) is 3.72. The second kappa shape index (κ2) is 10.6. The monoisotopic (exact) mass is 394 g/mol. The van der Waals surface area contributed by atoms with Crippen LogP contribution in [0.3, 0.4) is 0 Å². The average Bonchev–Trinajstić information content (AvgIpc) is 3.15. The number of thiazole rings is 1. The van der Waals surface area contributed by atoms with Crippen molar-refractivity contribution >= 4 is 33.1 Å². The number of aromatic nitrogens is 1. The maximum Gasteiger partial charge on any atom is 0.228 e. The number of nitrogens with one attached hydrogen (secondary N) is 1. The number of hydrogen-bond acceptors (Lipinski definition) is 4. The van der Waals surface area contributed by atoms with Gasteiger partial charge >= 0.3 is 0 Å². The van der Waals surface area contributed by atoms with Crippen molar-refractivity contribution in [2.45, 2.75) is 38.5 Å². The van der Waals surface area contributed by atoms with E-state index in [2.05, 4.69) is 16.9 Å². The number of amides is 1. The van der Waals surface area contributed by atoms with Crippen molar-refractivity contribution in [3.8, 4) is 5.75 Å². The van der Waals surface area contributed by atoms with Crippen LogP contribution in [0.2, 0.25) is 0 Å². The summed E-state index contributed by atoms with van der Waals surface area (Å²) >= 11 is 1.57. The van der Waals surface area contributed by atoms with Crippen LogP contribution in [0.1, 0.15) is 37.7 Å². The van der Waals surface area contributed by atoms with Crippen LogP contribution in [0, 0.1) is 0 Å². The van der Waals surface area contributed by atoms with Gasteiger partial charge in [0.2, 0.25) is 5.91 Å². The zero-order valence-corrected chi connectivity index (χ0v) is 16.8. The minimum atomic E-state index is -0.0387. The van der Waals surface area contributed by atoms with E-state index in [0.717, 1.165) is 40.1 Å². The molecule has 3 aromatic rings. The summed E-state index contributed by atoms with van der Waals surface area (Å²) in [6, 6.07) is 13.5. The molecule has 0 unspecified atom stereocenters. The largest absolute Gasteiger partial charge is 0.494 e. The van der Waals surface area contributed by atoms with Gasteiger partial charge in [0, 0.05) is 5.69 Å². The van der Waals surface area contributed by atoms with Crippen molar-refractivity contribution in [1.29, 1.82) is 0 Å². The Hall–Kier alpha value is -2.66. The Kier molecular flexibility index (Phi) is 7.62. The number of anilines is 1. The molecule has 0 fully saturated rings. The normalized spacial score (nSPS) is 10.7. The molecule has 1 N–H and O–H groups in total.